The summed E-state index contributed by atoms with van der Waals surface area (Å²) in [6.45, 7) is 3.93. The molecule has 26 heavy (non-hydrogen) atoms. The third-order valence-corrected chi connectivity index (χ3v) is 4.56. The van der Waals surface area contributed by atoms with Crippen LogP contribution in [0.3, 0.4) is 0 Å². The minimum Gasteiger partial charge on any atom is -0.347 e. The molecule has 7 heteroatoms. The van der Waals surface area contributed by atoms with Crippen molar-refractivity contribution in [1.29, 1.82) is 0 Å². The first-order valence-electron chi connectivity index (χ1n) is 7.77. The van der Waals surface area contributed by atoms with Gasteiger partial charge in [0.15, 0.2) is 23.3 Å². The van der Waals surface area contributed by atoms with Crippen LogP contribution < -0.4 is 4.90 Å². The molecule has 2 aromatic carbocycles. The maximum Gasteiger partial charge on any atom is 0.200 e. The summed E-state index contributed by atoms with van der Waals surface area (Å²) >= 11 is 0. The van der Waals surface area contributed by atoms with Crippen LogP contribution in [0.2, 0.25) is 0 Å². The molecule has 0 aliphatic carbocycles. The second kappa shape index (κ2) is 6.23. The zero-order valence-electron chi connectivity index (χ0n) is 14.2. The van der Waals surface area contributed by atoms with Gasteiger partial charge >= 0.3 is 0 Å². The van der Waals surface area contributed by atoms with Crippen molar-refractivity contribution in [3.8, 4) is 0 Å². The molecule has 1 heterocycles. The molecule has 0 unspecified atom stereocenters. The molecule has 0 atom stereocenters. The number of rotatable bonds is 2. The van der Waals surface area contributed by atoms with Crippen LogP contribution in [0.4, 0.5) is 33.3 Å². The van der Waals surface area contributed by atoms with Crippen molar-refractivity contribution in [1.82, 2.24) is 0 Å². The second-order valence-electron chi connectivity index (χ2n) is 6.45. The molecule has 2 aromatic rings. The number of anilines is 1. The predicted octanol–water partition coefficient (Wildman–Crippen LogP) is 5.40. The number of fused-ring (bicyclic) bond motifs is 1. The Morgan fingerprint density at radius 3 is 2.00 bits per heavy atom. The standard InChI is InChI=1S/C19H15F5N2/c1-19(2)10-6-4-5-7-11(10)26(3)12(19)8-9-25-18-16(23)14(21)13(20)15(22)17(18)24/h4-9H,1-3H3. The number of hydrogen-bond acceptors (Lipinski definition) is 2. The van der Waals surface area contributed by atoms with E-state index in [9.17, 15) is 22.0 Å². The van der Waals surface area contributed by atoms with E-state index in [1.165, 1.54) is 6.08 Å². The van der Waals surface area contributed by atoms with Crippen molar-refractivity contribution in [3.63, 3.8) is 0 Å². The lowest BCUT2D eigenvalue weighted by Gasteiger charge is -2.23. The van der Waals surface area contributed by atoms with Gasteiger partial charge in [-0.3, -0.25) is 4.99 Å². The average Bonchev–Trinajstić information content (AvgIpc) is 2.82. The Morgan fingerprint density at radius 1 is 0.885 bits per heavy atom. The van der Waals surface area contributed by atoms with Crippen LogP contribution in [0, 0.1) is 29.1 Å². The third kappa shape index (κ3) is 2.58. The highest BCUT2D eigenvalue weighted by Gasteiger charge is 2.37. The zero-order chi connectivity index (χ0) is 19.2. The number of aliphatic imine (C=N–C) groups is 1. The second-order valence-corrected chi connectivity index (χ2v) is 6.45. The topological polar surface area (TPSA) is 15.6 Å². The quantitative estimate of drug-likeness (QED) is 0.301. The molecule has 1 aliphatic rings. The number of para-hydroxylation sites is 1. The summed E-state index contributed by atoms with van der Waals surface area (Å²) in [7, 11) is 1.83. The molecule has 2 nitrogen and oxygen atoms in total. The molecule has 1 aliphatic heterocycles. The molecular weight excluding hydrogens is 351 g/mol. The molecule has 0 spiro atoms. The Balaban J connectivity index is 2.02. The SMILES string of the molecule is CN1C(=CC=Nc2c(F)c(F)c(F)c(F)c2F)C(C)(C)c2ccccc21. The molecule has 0 radical (unpaired) electrons. The Hall–Kier alpha value is -2.70. The number of nitrogens with zero attached hydrogens (tertiary/aromatic N) is 2. The fourth-order valence-electron chi connectivity index (χ4n) is 3.19. The van der Waals surface area contributed by atoms with Crippen LogP contribution in [-0.2, 0) is 5.41 Å². The van der Waals surface area contributed by atoms with Crippen LogP contribution in [0.5, 0.6) is 0 Å². The van der Waals surface area contributed by atoms with Gasteiger partial charge in [0.05, 0.1) is 0 Å². The van der Waals surface area contributed by atoms with E-state index < -0.39 is 40.2 Å². The number of halogens is 5. The third-order valence-electron chi connectivity index (χ3n) is 4.56. The van der Waals surface area contributed by atoms with E-state index in [1.807, 2.05) is 50.1 Å². The van der Waals surface area contributed by atoms with Crippen molar-refractivity contribution in [2.75, 3.05) is 11.9 Å². The van der Waals surface area contributed by atoms with E-state index in [0.29, 0.717) is 0 Å². The first-order chi connectivity index (χ1) is 12.2. The molecular formula is C19H15F5N2. The normalized spacial score (nSPS) is 17.4. The molecule has 0 amide bonds. The van der Waals surface area contributed by atoms with Crippen LogP contribution in [0.1, 0.15) is 19.4 Å². The lowest BCUT2D eigenvalue weighted by Crippen LogP contribution is -2.23. The molecule has 0 saturated heterocycles. The minimum absolute atomic E-state index is 0.409. The largest absolute Gasteiger partial charge is 0.347 e. The van der Waals surface area contributed by atoms with E-state index in [2.05, 4.69) is 4.99 Å². The van der Waals surface area contributed by atoms with Crippen molar-refractivity contribution >= 4 is 17.6 Å². The summed E-state index contributed by atoms with van der Waals surface area (Å²) in [6.07, 6.45) is 2.54. The Morgan fingerprint density at radius 2 is 1.42 bits per heavy atom. The molecule has 3 rings (SSSR count). The van der Waals surface area contributed by atoms with Crippen LogP contribution in [-0.4, -0.2) is 13.3 Å². The van der Waals surface area contributed by atoms with Crippen molar-refractivity contribution < 1.29 is 22.0 Å². The van der Waals surface area contributed by atoms with Gasteiger partial charge in [-0.2, -0.15) is 0 Å². The van der Waals surface area contributed by atoms with Crippen molar-refractivity contribution in [3.05, 3.63) is 70.7 Å². The average molecular weight is 366 g/mol. The highest BCUT2D eigenvalue weighted by Crippen LogP contribution is 2.46. The minimum atomic E-state index is -2.20. The van der Waals surface area contributed by atoms with Gasteiger partial charge in [0.1, 0.15) is 5.69 Å². The van der Waals surface area contributed by atoms with Gasteiger partial charge in [0.25, 0.3) is 0 Å². The fourth-order valence-corrected chi connectivity index (χ4v) is 3.19. The van der Waals surface area contributed by atoms with E-state index in [4.69, 9.17) is 0 Å². The summed E-state index contributed by atoms with van der Waals surface area (Å²) < 4.78 is 66.9. The molecule has 0 saturated carbocycles. The predicted molar refractivity (Wildman–Crippen MR) is 90.3 cm³/mol. The highest BCUT2D eigenvalue weighted by atomic mass is 19.2. The van der Waals surface area contributed by atoms with Gasteiger partial charge in [-0.15, -0.1) is 0 Å². The number of allylic oxidation sites excluding steroid dienone is 2. The molecule has 136 valence electrons. The van der Waals surface area contributed by atoms with Gasteiger partial charge < -0.3 is 4.90 Å². The monoisotopic (exact) mass is 366 g/mol. The number of likely N-dealkylation sites (N-methyl/N-ethyl adjacent to an activating group) is 1. The van der Waals surface area contributed by atoms with Crippen LogP contribution in [0.15, 0.2) is 41.0 Å². The molecule has 0 aromatic heterocycles. The Kier molecular flexibility index (Phi) is 4.34. The summed E-state index contributed by atoms with van der Waals surface area (Å²) in [4.78, 5) is 5.36. The zero-order valence-corrected chi connectivity index (χ0v) is 14.2. The van der Waals surface area contributed by atoms with Gasteiger partial charge in [-0.25, -0.2) is 22.0 Å². The van der Waals surface area contributed by atoms with Gasteiger partial charge in [0, 0.05) is 30.1 Å². The smallest absolute Gasteiger partial charge is 0.200 e. The lowest BCUT2D eigenvalue weighted by atomic mass is 9.84. The Labute approximate surface area is 147 Å². The van der Waals surface area contributed by atoms with E-state index in [0.717, 1.165) is 23.2 Å². The van der Waals surface area contributed by atoms with E-state index in [-0.39, 0.29) is 0 Å². The first-order valence-corrected chi connectivity index (χ1v) is 7.77. The number of benzene rings is 2. The van der Waals surface area contributed by atoms with E-state index in [1.54, 1.807) is 0 Å². The summed E-state index contributed by atoms with van der Waals surface area (Å²) in [5.41, 5.74) is 1.17. The first kappa shape index (κ1) is 18.1. The molecule has 0 N–H and O–H groups in total. The van der Waals surface area contributed by atoms with Gasteiger partial charge in [-0.05, 0) is 17.7 Å². The summed E-state index contributed by atoms with van der Waals surface area (Å²) in [6, 6.07) is 7.69. The lowest BCUT2D eigenvalue weighted by molar-refractivity contribution is 0.381. The summed E-state index contributed by atoms with van der Waals surface area (Å²) in [5.74, 6) is -10.2. The van der Waals surface area contributed by atoms with E-state index >= 15 is 0 Å². The van der Waals surface area contributed by atoms with Crippen LogP contribution >= 0.6 is 0 Å². The molecule has 0 bridgehead atoms. The van der Waals surface area contributed by atoms with Crippen molar-refractivity contribution in [2.24, 2.45) is 4.99 Å². The maximum absolute atomic E-state index is 13.7. The fraction of sp³-hybridized carbons (Fsp3) is 0.211. The Bertz CT molecular complexity index is 918. The van der Waals surface area contributed by atoms with Crippen LogP contribution in [0.25, 0.3) is 0 Å². The molecule has 0 fully saturated rings. The van der Waals surface area contributed by atoms with Crippen molar-refractivity contribution in [2.45, 2.75) is 19.3 Å². The van der Waals surface area contributed by atoms with Gasteiger partial charge in [0.2, 0.25) is 5.82 Å². The highest BCUT2D eigenvalue weighted by molar-refractivity contribution is 5.81. The summed E-state index contributed by atoms with van der Waals surface area (Å²) in [5, 5.41) is 0. The number of hydrogen-bond donors (Lipinski definition) is 0. The van der Waals surface area contributed by atoms with Gasteiger partial charge in [-0.1, -0.05) is 32.0 Å². The maximum atomic E-state index is 13.7.